The third-order valence-electron chi connectivity index (χ3n) is 32.4. The van der Waals surface area contributed by atoms with Gasteiger partial charge in [-0.1, -0.05) is 187 Å². The highest BCUT2D eigenvalue weighted by atomic mass is 127. The minimum atomic E-state index is -5.02. The van der Waals surface area contributed by atoms with E-state index in [4.69, 9.17) is 0 Å². The van der Waals surface area contributed by atoms with Gasteiger partial charge in [-0.25, -0.2) is 0 Å². The Hall–Kier alpha value is -6.16. The van der Waals surface area contributed by atoms with Crippen molar-refractivity contribution in [3.05, 3.63) is 240 Å². The molecule has 0 amide bonds. The minimum absolute atomic E-state index is 0.0837. The van der Waals surface area contributed by atoms with Gasteiger partial charge in [0.25, 0.3) is 6.71 Å². The summed E-state index contributed by atoms with van der Waals surface area (Å²) in [5.41, 5.74) is 11.8. The molecule has 0 saturated heterocycles. The molecule has 4 heterocycles. The summed E-state index contributed by atoms with van der Waals surface area (Å²) >= 11 is 10.2. The van der Waals surface area contributed by atoms with Crippen LogP contribution in [0.15, 0.2) is 163 Å². The van der Waals surface area contributed by atoms with Gasteiger partial charge < -0.3 is 19.6 Å². The van der Waals surface area contributed by atoms with E-state index in [2.05, 4.69) is 331 Å². The maximum atomic E-state index is 15.1. The maximum absolute atomic E-state index is 15.1. The number of nitrogens with zero attached hydrogens (tertiary/aromatic N) is 4. The molecule has 2 aliphatic heterocycles. The first kappa shape index (κ1) is 99.0. The molecule has 8 fully saturated rings. The molecule has 10 aromatic rings. The van der Waals surface area contributed by atoms with E-state index in [-0.39, 0.29) is 73.5 Å². The molecule has 0 radical (unpaired) electrons. The Morgan fingerprint density at radius 2 is 0.696 bits per heavy atom. The van der Waals surface area contributed by atoms with Gasteiger partial charge in [0.05, 0.1) is 33.6 Å². The van der Waals surface area contributed by atoms with Crippen LogP contribution in [0.25, 0.3) is 0 Å². The monoisotopic (exact) mass is 2220 g/mol. The fourth-order valence-corrected chi connectivity index (χ4v) is 29.2. The van der Waals surface area contributed by atoms with Gasteiger partial charge in [-0.05, 0) is 357 Å². The lowest BCUT2D eigenvalue weighted by Crippen LogP contribution is -2.61. The molecule has 8 bridgehead atoms. The van der Waals surface area contributed by atoms with E-state index in [1.54, 1.807) is 27.6 Å². The van der Waals surface area contributed by atoms with E-state index in [0.717, 1.165) is 171 Å². The first-order valence-corrected chi connectivity index (χ1v) is 53.7. The highest BCUT2D eigenvalue weighted by Crippen LogP contribution is 2.67. The number of benzene rings is 8. The van der Waals surface area contributed by atoms with Crippen LogP contribution in [0.2, 0.25) is 0 Å². The SMILES string of the molecule is CC(C)(C)c1ccc(N(c2ccc(C(C)(C)C)cc2)c2cc(N(c3cc(C(F)(F)F)cc(C(F)(F)F)c3)c3csc4c3C(C)(C)CCC4(C)C)cc(C34CC5CC(CC(C5)C3)C4)c2)cc1.CC(C)(C)c1ccc(N2c3ccc(C(C)(C)C)cc3B3c4sc5c(c4N(c4cc(C(F)(F)F)cc(C(F)(F)F)c4)c4cc(C67CC8CC(CC(C8)C6)C7)cc2c43)C(C)(C)CCC5(C)C)cc1.IB(I)I. The van der Waals surface area contributed by atoms with Crippen molar-refractivity contribution in [2.24, 2.45) is 35.5 Å². The summed E-state index contributed by atoms with van der Waals surface area (Å²) in [7, 11) is 0. The maximum Gasteiger partial charge on any atom is 0.416 e. The molecule has 135 heavy (non-hydrogen) atoms. The quantitative estimate of drug-likeness (QED) is 0.0768. The van der Waals surface area contributed by atoms with Crippen molar-refractivity contribution in [1.29, 1.82) is 0 Å². The molecule has 10 aliphatic carbocycles. The lowest BCUT2D eigenvalue weighted by atomic mass is 9.35. The second-order valence-corrected chi connectivity index (χ2v) is 61.2. The zero-order chi connectivity index (χ0) is 97.5. The van der Waals surface area contributed by atoms with Crippen molar-refractivity contribution in [2.75, 3.05) is 19.6 Å². The molecule has 12 aliphatic rings. The molecule has 4 nitrogen and oxygen atoms in total. The van der Waals surface area contributed by atoms with Gasteiger partial charge in [0, 0.05) is 76.8 Å². The zero-order valence-electron chi connectivity index (χ0n) is 81.3. The van der Waals surface area contributed by atoms with Crippen LogP contribution in [0.5, 0.6) is 0 Å². The summed E-state index contributed by atoms with van der Waals surface area (Å²) in [6, 6.07) is 48.2. The van der Waals surface area contributed by atoms with Crippen LogP contribution >= 0.6 is 89.8 Å². The second kappa shape index (κ2) is 34.0. The third kappa shape index (κ3) is 18.6. The van der Waals surface area contributed by atoms with Gasteiger partial charge in [0.15, 0.2) is 0 Å². The van der Waals surface area contributed by atoms with E-state index < -0.39 is 57.8 Å². The molecule has 8 aromatic carbocycles. The van der Waals surface area contributed by atoms with Gasteiger partial charge in [0.1, 0.15) is 0 Å². The van der Waals surface area contributed by atoms with Crippen LogP contribution in [-0.4, -0.2) is 6.99 Å². The number of hydrogen-bond donors (Lipinski definition) is 0. The fourth-order valence-electron chi connectivity index (χ4n) is 26.1. The van der Waals surface area contributed by atoms with Gasteiger partial charge in [0.2, 0.25) is 0 Å². The molecule has 2 aromatic heterocycles. The Balaban J connectivity index is 0.000000173. The first-order valence-electron chi connectivity index (χ1n) is 48.3. The van der Waals surface area contributed by atoms with Crippen LogP contribution in [0.4, 0.5) is 121 Å². The van der Waals surface area contributed by atoms with Crippen LogP contribution in [0.3, 0.4) is 0 Å². The Morgan fingerprint density at radius 1 is 0.348 bits per heavy atom. The third-order valence-corrected chi connectivity index (χ3v) is 35.4. The molecule has 0 unspecified atom stereocenters. The van der Waals surface area contributed by atoms with E-state index in [9.17, 15) is 26.3 Å². The highest BCUT2D eigenvalue weighted by molar-refractivity contribution is 14.4. The molecule has 8 saturated carbocycles. The molecule has 716 valence electrons. The van der Waals surface area contributed by atoms with Crippen molar-refractivity contribution < 1.29 is 52.7 Å². The van der Waals surface area contributed by atoms with Crippen LogP contribution in [-0.2, 0) is 78.9 Å². The second-order valence-electron chi connectivity index (χ2n) is 48.4. The fraction of sp³-hybridized carbons (Fsp3) is 0.500. The van der Waals surface area contributed by atoms with Crippen molar-refractivity contribution >= 4 is 181 Å². The Morgan fingerprint density at radius 3 is 1.10 bits per heavy atom. The molecule has 23 heteroatoms. The summed E-state index contributed by atoms with van der Waals surface area (Å²) in [5.74, 6) is 3.63. The number of fused-ring (bicyclic) bond motifs is 7. The Kier molecular flexibility index (Phi) is 25.0. The van der Waals surface area contributed by atoms with Gasteiger partial charge in [-0.2, -0.15) is 64.0 Å². The predicted octanol–water partition coefficient (Wildman–Crippen LogP) is 35.7. The predicted molar refractivity (Wildman–Crippen MR) is 565 cm³/mol. The largest absolute Gasteiger partial charge is 0.416 e. The average Bonchev–Trinajstić information content (AvgIpc) is 1.65. The first-order chi connectivity index (χ1) is 62.5. The number of hydrogen-bond acceptors (Lipinski definition) is 6. The summed E-state index contributed by atoms with van der Waals surface area (Å²) in [4.78, 5) is 10.5. The number of halogens is 15. The molecule has 0 atom stereocenters. The highest BCUT2D eigenvalue weighted by Gasteiger charge is 2.58. The molecular formula is C112H125B2F12I3N4S2. The van der Waals surface area contributed by atoms with E-state index in [1.807, 2.05) is 16.3 Å². The summed E-state index contributed by atoms with van der Waals surface area (Å²) < 4.78 is 181. The normalized spacial score (nSPS) is 23.7. The van der Waals surface area contributed by atoms with Crippen molar-refractivity contribution in [1.82, 2.24) is 0 Å². The number of rotatable bonds is 10. The van der Waals surface area contributed by atoms with Gasteiger partial charge >= 0.3 is 25.0 Å². The Bertz CT molecular complexity index is 6030. The number of alkyl halides is 12. The molecule has 0 spiro atoms. The van der Waals surface area contributed by atoms with E-state index in [1.165, 1.54) is 65.7 Å². The number of anilines is 12. The molecule has 0 N–H and O–H groups in total. The van der Waals surface area contributed by atoms with Crippen LogP contribution in [0.1, 0.15) is 318 Å². The summed E-state index contributed by atoms with van der Waals surface area (Å²) in [6.45, 7) is 43.7. The molecule has 22 rings (SSSR count). The Labute approximate surface area is 840 Å². The van der Waals surface area contributed by atoms with Crippen molar-refractivity contribution in [3.63, 3.8) is 0 Å². The van der Waals surface area contributed by atoms with E-state index in [0.29, 0.717) is 52.6 Å². The molecular weight excluding hydrogens is 2100 g/mol. The minimum Gasteiger partial charge on any atom is -0.311 e. The van der Waals surface area contributed by atoms with Gasteiger partial charge in [-0.15, -0.1) is 78.5 Å². The number of thiophene rings is 2. The summed E-state index contributed by atoms with van der Waals surface area (Å²) in [5, 5.41) is 1.98. The topological polar surface area (TPSA) is 13.0 Å². The van der Waals surface area contributed by atoms with Crippen molar-refractivity contribution in [2.45, 2.75) is 320 Å². The lowest BCUT2D eigenvalue weighted by Gasteiger charge is -2.57. The van der Waals surface area contributed by atoms with Crippen LogP contribution in [0, 0.1) is 35.5 Å². The van der Waals surface area contributed by atoms with Crippen molar-refractivity contribution in [3.8, 4) is 0 Å². The standard InChI is InChI=1S/C56H61BF6N2S.C56H64F6N2S.BI3/c1-50(2,3)34-11-14-39(15-12-34)64-42-16-13-35(51(4,5)6)25-41(42)57-46-43(64)26-36(54-28-31-19-32(29-54)21-33(20-31)30-54)27-44(46)65(40-23-37(55(58,59)60)22-38(24-40)56(61,62)63)47-45-48(66-49(47)57)53(9,10)18-17-52(45,7)8;1-50(2,3)37-11-15-42(16-12-37)63(43-17-13-38(14-18-43)51(4,5)6)45-25-39(54-30-34-21-35(31-54)23-36(22-34)32-54)26-46(29-45)64(44-27-40(55(57,58)59)24-41(28-44)56(60,61)62)47-33-65-49-48(47)52(7,8)19-20-53(49,9)10;2-1(3)4/h11-16,22-27,31-33H,17-21,28-30H2,1-10H3;11-18,24-29,33-36H,19-23,30-32H2,1-10H3;. The van der Waals surface area contributed by atoms with Crippen LogP contribution < -0.4 is 35.3 Å². The smallest absolute Gasteiger partial charge is 0.311 e. The zero-order valence-corrected chi connectivity index (χ0v) is 89.4. The van der Waals surface area contributed by atoms with E-state index >= 15 is 26.3 Å². The average molecular weight is 2220 g/mol. The summed E-state index contributed by atoms with van der Waals surface area (Å²) in [6.07, 6.45) is -2.96. The van der Waals surface area contributed by atoms with Gasteiger partial charge in [-0.3, -0.25) is 0 Å². The lowest BCUT2D eigenvalue weighted by molar-refractivity contribution is -0.144.